The van der Waals surface area contributed by atoms with Gasteiger partial charge in [-0.25, -0.2) is 9.59 Å². The summed E-state index contributed by atoms with van der Waals surface area (Å²) in [6, 6.07) is 13.1. The summed E-state index contributed by atoms with van der Waals surface area (Å²) in [6.07, 6.45) is 0.707. The summed E-state index contributed by atoms with van der Waals surface area (Å²) in [4.78, 5) is 63.1. The van der Waals surface area contributed by atoms with Crippen LogP contribution in [0, 0.1) is 6.92 Å². The first-order valence-corrected chi connectivity index (χ1v) is 16.3. The van der Waals surface area contributed by atoms with E-state index < -0.39 is 53.7 Å². The number of hydrogen-bond donors (Lipinski definition) is 6. The lowest BCUT2D eigenvalue weighted by molar-refractivity contribution is -0.149. The average molecular weight is 685 g/mol. The molecule has 1 unspecified atom stereocenters. The number of methoxy groups -OCH3 is 2. The van der Waals surface area contributed by atoms with Gasteiger partial charge in [0.2, 0.25) is 5.91 Å². The summed E-state index contributed by atoms with van der Waals surface area (Å²) in [7, 11) is 2.40. The minimum atomic E-state index is -1.14. The summed E-state index contributed by atoms with van der Waals surface area (Å²) in [5, 5.41) is 14.9. The van der Waals surface area contributed by atoms with E-state index in [1.807, 2.05) is 61.5 Å². The number of unbranched alkanes of at least 4 members (excludes halogenated alkanes) is 1. The highest BCUT2D eigenvalue weighted by molar-refractivity contribution is 5.90. The van der Waals surface area contributed by atoms with Gasteiger partial charge >= 0.3 is 24.1 Å². The Morgan fingerprint density at radius 2 is 1.53 bits per heavy atom. The molecule has 2 rings (SSSR count). The second-order valence-electron chi connectivity index (χ2n) is 12.6. The topological polar surface area (TPSA) is 199 Å². The van der Waals surface area contributed by atoms with Crippen molar-refractivity contribution >= 4 is 35.7 Å². The molecular formula is C35H52N6O8. The normalized spacial score (nSPS) is 13.6. The highest BCUT2D eigenvalue weighted by Crippen LogP contribution is 2.14. The SMILES string of the molecule is COC(=O)C[C@H](NC(CN[C@@H](Cc1ccccc1)C(N)=O)[C@H](CCCCNC(=O)Nc1ccccc1C)NC(=O)OC(C)(C)C)C(=O)OC. The number of benzene rings is 2. The van der Waals surface area contributed by atoms with E-state index in [1.165, 1.54) is 14.2 Å². The lowest BCUT2D eigenvalue weighted by Crippen LogP contribution is -2.60. The Balaban J connectivity index is 2.27. The van der Waals surface area contributed by atoms with E-state index in [1.54, 1.807) is 20.8 Å². The van der Waals surface area contributed by atoms with Crippen molar-refractivity contribution in [2.45, 2.75) is 89.6 Å². The summed E-state index contributed by atoms with van der Waals surface area (Å²) >= 11 is 0. The molecule has 0 radical (unpaired) electrons. The minimum absolute atomic E-state index is 0.0483. The molecule has 0 aromatic heterocycles. The number of alkyl carbamates (subject to hydrolysis) is 1. The van der Waals surface area contributed by atoms with Gasteiger partial charge in [-0.2, -0.15) is 0 Å². The van der Waals surface area contributed by atoms with Crippen LogP contribution in [-0.4, -0.2) is 87.0 Å². The van der Waals surface area contributed by atoms with Crippen LogP contribution in [0.2, 0.25) is 0 Å². The molecule has 49 heavy (non-hydrogen) atoms. The summed E-state index contributed by atoms with van der Waals surface area (Å²) in [5.74, 6) is -1.96. The Bertz CT molecular complexity index is 1370. The number of amides is 4. The number of primary amides is 1. The Kier molecular flexibility index (Phi) is 17.0. The predicted octanol–water partition coefficient (Wildman–Crippen LogP) is 2.93. The van der Waals surface area contributed by atoms with E-state index in [9.17, 15) is 24.0 Å². The lowest BCUT2D eigenvalue weighted by Gasteiger charge is -2.33. The van der Waals surface area contributed by atoms with E-state index in [0.29, 0.717) is 37.9 Å². The molecule has 14 nitrogen and oxygen atoms in total. The van der Waals surface area contributed by atoms with Gasteiger partial charge in [-0.05, 0) is 70.6 Å². The third-order valence-electron chi connectivity index (χ3n) is 7.52. The third-order valence-corrected chi connectivity index (χ3v) is 7.52. The van der Waals surface area contributed by atoms with Crippen LogP contribution in [0.4, 0.5) is 15.3 Å². The van der Waals surface area contributed by atoms with E-state index in [4.69, 9.17) is 19.9 Å². The summed E-state index contributed by atoms with van der Waals surface area (Å²) in [6.45, 7) is 7.50. The number of para-hydroxylation sites is 1. The molecule has 2 aromatic rings. The number of carbonyl (C=O) groups excluding carboxylic acids is 5. The second-order valence-corrected chi connectivity index (χ2v) is 12.6. The number of esters is 2. The number of nitrogens with one attached hydrogen (secondary N) is 5. The van der Waals surface area contributed by atoms with Crippen LogP contribution < -0.4 is 32.3 Å². The average Bonchev–Trinajstić information content (AvgIpc) is 3.04. The van der Waals surface area contributed by atoms with Gasteiger partial charge in [0.15, 0.2) is 0 Å². The molecule has 0 aliphatic heterocycles. The first kappa shape index (κ1) is 40.5. The quantitative estimate of drug-likeness (QED) is 0.0727. The maximum absolute atomic E-state index is 13.1. The van der Waals surface area contributed by atoms with Gasteiger partial charge in [0.05, 0.1) is 26.7 Å². The number of ether oxygens (including phenoxy) is 3. The molecule has 0 heterocycles. The largest absolute Gasteiger partial charge is 0.469 e. The van der Waals surface area contributed by atoms with E-state index in [-0.39, 0.29) is 19.0 Å². The van der Waals surface area contributed by atoms with Crippen LogP contribution in [0.1, 0.15) is 57.6 Å². The van der Waals surface area contributed by atoms with Crippen molar-refractivity contribution in [3.63, 3.8) is 0 Å². The molecule has 0 fully saturated rings. The predicted molar refractivity (Wildman–Crippen MR) is 186 cm³/mol. The Labute approximate surface area is 288 Å². The van der Waals surface area contributed by atoms with Gasteiger partial charge in [0.1, 0.15) is 11.6 Å². The van der Waals surface area contributed by atoms with Gasteiger partial charge < -0.3 is 41.2 Å². The van der Waals surface area contributed by atoms with Crippen LogP contribution in [0.5, 0.6) is 0 Å². The first-order valence-electron chi connectivity index (χ1n) is 16.3. The number of rotatable bonds is 19. The van der Waals surface area contributed by atoms with Crippen LogP contribution in [0.3, 0.4) is 0 Å². The molecule has 270 valence electrons. The molecule has 0 saturated carbocycles. The monoisotopic (exact) mass is 684 g/mol. The second kappa shape index (κ2) is 20.6. The van der Waals surface area contributed by atoms with Gasteiger partial charge in [0, 0.05) is 30.9 Å². The van der Waals surface area contributed by atoms with E-state index >= 15 is 0 Å². The first-order chi connectivity index (χ1) is 23.2. The summed E-state index contributed by atoms with van der Waals surface area (Å²) < 4.78 is 15.3. The molecule has 14 heteroatoms. The fourth-order valence-corrected chi connectivity index (χ4v) is 4.97. The zero-order valence-electron chi connectivity index (χ0n) is 29.3. The Hall–Kier alpha value is -4.69. The van der Waals surface area contributed by atoms with E-state index in [2.05, 4.69) is 26.6 Å². The van der Waals surface area contributed by atoms with Gasteiger partial charge in [-0.15, -0.1) is 0 Å². The molecule has 0 aliphatic carbocycles. The number of urea groups is 1. The number of carbonyl (C=O) groups is 5. The third kappa shape index (κ3) is 15.8. The zero-order chi connectivity index (χ0) is 36.4. The van der Waals surface area contributed by atoms with Crippen molar-refractivity contribution in [2.75, 3.05) is 32.6 Å². The van der Waals surface area contributed by atoms with Crippen molar-refractivity contribution in [2.24, 2.45) is 5.73 Å². The molecule has 4 atom stereocenters. The molecule has 4 amide bonds. The van der Waals surface area contributed by atoms with Crippen molar-refractivity contribution in [3.05, 3.63) is 65.7 Å². The smallest absolute Gasteiger partial charge is 0.407 e. The van der Waals surface area contributed by atoms with Crippen LogP contribution in [-0.2, 0) is 35.0 Å². The number of hydrogen-bond acceptors (Lipinski definition) is 10. The molecule has 0 bridgehead atoms. The van der Waals surface area contributed by atoms with Gasteiger partial charge in [0.25, 0.3) is 0 Å². The van der Waals surface area contributed by atoms with Crippen LogP contribution in [0.15, 0.2) is 54.6 Å². The zero-order valence-corrected chi connectivity index (χ0v) is 29.3. The standard InChI is InChI=1S/C35H52N6O8/c1-23-14-10-11-17-25(23)40-33(45)37-19-13-12-18-26(41-34(46)49-35(2,3)4)29(39-28(32(44)48-6)21-30(42)47-5)22-38-27(31(36)43)20-24-15-8-7-9-16-24/h7-11,14-17,26-29,38-39H,12-13,18-22H2,1-6H3,(H2,36,43)(H,41,46)(H2,37,40,45)/t26-,27-,28-,29?/m0/s1. The van der Waals surface area contributed by atoms with Gasteiger partial charge in [-0.1, -0.05) is 48.5 Å². The molecule has 0 spiro atoms. The lowest BCUT2D eigenvalue weighted by atomic mass is 9.98. The fourth-order valence-electron chi connectivity index (χ4n) is 4.97. The van der Waals surface area contributed by atoms with Crippen molar-refractivity contribution in [1.82, 2.24) is 21.3 Å². The van der Waals surface area contributed by atoms with Crippen LogP contribution in [0.25, 0.3) is 0 Å². The number of anilines is 1. The Morgan fingerprint density at radius 3 is 2.14 bits per heavy atom. The molecular weight excluding hydrogens is 632 g/mol. The fraction of sp³-hybridized carbons (Fsp3) is 0.514. The highest BCUT2D eigenvalue weighted by Gasteiger charge is 2.32. The molecule has 0 aliphatic rings. The van der Waals surface area contributed by atoms with Crippen molar-refractivity contribution < 1.29 is 38.2 Å². The molecule has 2 aromatic carbocycles. The minimum Gasteiger partial charge on any atom is -0.469 e. The van der Waals surface area contributed by atoms with Gasteiger partial charge in [-0.3, -0.25) is 19.7 Å². The van der Waals surface area contributed by atoms with Crippen molar-refractivity contribution in [3.8, 4) is 0 Å². The molecule has 7 N–H and O–H groups in total. The summed E-state index contributed by atoms with van der Waals surface area (Å²) in [5.41, 5.74) is 7.48. The van der Waals surface area contributed by atoms with E-state index in [0.717, 1.165) is 11.1 Å². The number of nitrogens with two attached hydrogens (primary N) is 1. The van der Waals surface area contributed by atoms with Crippen LogP contribution >= 0.6 is 0 Å². The molecule has 0 saturated heterocycles. The highest BCUT2D eigenvalue weighted by atomic mass is 16.6. The maximum Gasteiger partial charge on any atom is 0.407 e. The Morgan fingerprint density at radius 1 is 0.857 bits per heavy atom. The number of aryl methyl sites for hydroxylation is 1. The maximum atomic E-state index is 13.1. The van der Waals surface area contributed by atoms with Crippen molar-refractivity contribution in [1.29, 1.82) is 0 Å².